The molecule has 0 saturated heterocycles. The van der Waals surface area contributed by atoms with Gasteiger partial charge in [0.2, 0.25) is 5.90 Å². The first kappa shape index (κ1) is 10.5. The normalized spacial score (nSPS) is 20.3. The van der Waals surface area contributed by atoms with E-state index in [1.807, 2.05) is 24.3 Å². The van der Waals surface area contributed by atoms with Crippen LogP contribution >= 0.6 is 11.6 Å². The van der Waals surface area contributed by atoms with E-state index in [-0.39, 0.29) is 6.04 Å². The molecule has 0 bridgehead atoms. The maximum atomic E-state index is 5.82. The molecule has 0 aromatic heterocycles. The standard InChI is InChI=1S/C12H14ClNO/c1-8(2)11-7-15-12(14-11)9-3-5-10(13)6-4-9/h3-6,8,11H,7H2,1-2H3/t11-/m0/s1. The molecular weight excluding hydrogens is 210 g/mol. The lowest BCUT2D eigenvalue weighted by molar-refractivity contribution is 0.292. The van der Waals surface area contributed by atoms with Gasteiger partial charge >= 0.3 is 0 Å². The highest BCUT2D eigenvalue weighted by molar-refractivity contribution is 6.30. The van der Waals surface area contributed by atoms with Crippen molar-refractivity contribution in [2.45, 2.75) is 19.9 Å². The van der Waals surface area contributed by atoms with Gasteiger partial charge in [0.05, 0.1) is 6.04 Å². The Morgan fingerprint density at radius 2 is 2.00 bits per heavy atom. The van der Waals surface area contributed by atoms with Gasteiger partial charge in [0.1, 0.15) is 6.61 Å². The SMILES string of the molecule is CC(C)[C@@H]1COC(c2ccc(Cl)cc2)=N1. The molecule has 2 nitrogen and oxygen atoms in total. The molecule has 2 rings (SSSR count). The fraction of sp³-hybridized carbons (Fsp3) is 0.417. The lowest BCUT2D eigenvalue weighted by Crippen LogP contribution is -2.13. The Labute approximate surface area is 94.9 Å². The highest BCUT2D eigenvalue weighted by Crippen LogP contribution is 2.18. The summed E-state index contributed by atoms with van der Waals surface area (Å²) in [5, 5.41) is 0.734. The van der Waals surface area contributed by atoms with E-state index in [0.717, 1.165) is 16.5 Å². The van der Waals surface area contributed by atoms with Crippen LogP contribution in [0.4, 0.5) is 0 Å². The van der Waals surface area contributed by atoms with Gasteiger partial charge in [-0.05, 0) is 30.2 Å². The molecule has 0 saturated carbocycles. The first-order valence-electron chi connectivity index (χ1n) is 5.13. The number of hydrogen-bond donors (Lipinski definition) is 0. The van der Waals surface area contributed by atoms with Crippen molar-refractivity contribution < 1.29 is 4.74 Å². The summed E-state index contributed by atoms with van der Waals surface area (Å²) >= 11 is 5.82. The predicted octanol–water partition coefficient (Wildman–Crippen LogP) is 3.14. The first-order valence-corrected chi connectivity index (χ1v) is 5.51. The molecule has 0 radical (unpaired) electrons. The minimum absolute atomic E-state index is 0.288. The minimum atomic E-state index is 0.288. The smallest absolute Gasteiger partial charge is 0.216 e. The van der Waals surface area contributed by atoms with E-state index in [0.29, 0.717) is 12.5 Å². The molecule has 1 heterocycles. The second-order valence-electron chi connectivity index (χ2n) is 4.06. The van der Waals surface area contributed by atoms with Gasteiger partial charge in [0, 0.05) is 10.6 Å². The lowest BCUT2D eigenvalue weighted by atomic mass is 10.1. The molecule has 3 heteroatoms. The number of benzene rings is 1. The molecule has 0 aliphatic carbocycles. The molecule has 80 valence electrons. The summed E-state index contributed by atoms with van der Waals surface area (Å²) in [5.74, 6) is 1.26. The Morgan fingerprint density at radius 3 is 2.53 bits per heavy atom. The van der Waals surface area contributed by atoms with Crippen LogP contribution in [-0.2, 0) is 4.74 Å². The van der Waals surface area contributed by atoms with E-state index >= 15 is 0 Å². The quantitative estimate of drug-likeness (QED) is 0.755. The number of aliphatic imine (C=N–C) groups is 1. The number of ether oxygens (including phenoxy) is 1. The first-order chi connectivity index (χ1) is 7.16. The minimum Gasteiger partial charge on any atom is -0.475 e. The highest BCUT2D eigenvalue weighted by Gasteiger charge is 2.22. The van der Waals surface area contributed by atoms with Crippen molar-refractivity contribution in [3.63, 3.8) is 0 Å². The van der Waals surface area contributed by atoms with Crippen LogP contribution in [0.15, 0.2) is 29.3 Å². The molecule has 1 atom stereocenters. The van der Waals surface area contributed by atoms with Gasteiger partial charge in [-0.1, -0.05) is 25.4 Å². The second-order valence-corrected chi connectivity index (χ2v) is 4.50. The van der Waals surface area contributed by atoms with Crippen molar-refractivity contribution in [1.29, 1.82) is 0 Å². The Morgan fingerprint density at radius 1 is 1.33 bits per heavy atom. The van der Waals surface area contributed by atoms with Gasteiger partial charge < -0.3 is 4.74 Å². The molecule has 1 aliphatic heterocycles. The molecule has 15 heavy (non-hydrogen) atoms. The molecule has 1 aromatic carbocycles. The van der Waals surface area contributed by atoms with Crippen LogP contribution in [0.3, 0.4) is 0 Å². The van der Waals surface area contributed by atoms with E-state index in [4.69, 9.17) is 16.3 Å². The lowest BCUT2D eigenvalue weighted by Gasteiger charge is -2.06. The summed E-state index contributed by atoms with van der Waals surface area (Å²) in [5.41, 5.74) is 1.00. The van der Waals surface area contributed by atoms with E-state index < -0.39 is 0 Å². The number of nitrogens with zero attached hydrogens (tertiary/aromatic N) is 1. The third-order valence-corrected chi connectivity index (χ3v) is 2.79. The van der Waals surface area contributed by atoms with Crippen molar-refractivity contribution in [3.05, 3.63) is 34.9 Å². The van der Waals surface area contributed by atoms with Gasteiger partial charge in [0.25, 0.3) is 0 Å². The maximum absolute atomic E-state index is 5.82. The fourth-order valence-electron chi connectivity index (χ4n) is 1.48. The van der Waals surface area contributed by atoms with Crippen LogP contribution in [0, 0.1) is 5.92 Å². The molecule has 1 aliphatic rings. The van der Waals surface area contributed by atoms with E-state index in [1.54, 1.807) is 0 Å². The molecule has 0 unspecified atom stereocenters. The van der Waals surface area contributed by atoms with Gasteiger partial charge in [-0.15, -0.1) is 0 Å². The molecule has 0 amide bonds. The van der Waals surface area contributed by atoms with Crippen LogP contribution in [0.1, 0.15) is 19.4 Å². The largest absolute Gasteiger partial charge is 0.475 e. The van der Waals surface area contributed by atoms with Crippen molar-refractivity contribution in [3.8, 4) is 0 Å². The van der Waals surface area contributed by atoms with Gasteiger partial charge in [0.15, 0.2) is 0 Å². The zero-order valence-corrected chi connectivity index (χ0v) is 9.66. The van der Waals surface area contributed by atoms with Crippen LogP contribution in [0.5, 0.6) is 0 Å². The summed E-state index contributed by atoms with van der Waals surface area (Å²) in [6.45, 7) is 5.00. The Kier molecular flexibility index (Phi) is 2.96. The third kappa shape index (κ3) is 2.32. The maximum Gasteiger partial charge on any atom is 0.216 e. The van der Waals surface area contributed by atoms with E-state index in [9.17, 15) is 0 Å². The van der Waals surface area contributed by atoms with Gasteiger partial charge in [-0.2, -0.15) is 0 Å². The van der Waals surface area contributed by atoms with Crippen LogP contribution in [0.25, 0.3) is 0 Å². The van der Waals surface area contributed by atoms with Crippen molar-refractivity contribution in [2.75, 3.05) is 6.61 Å². The summed E-state index contributed by atoms with van der Waals surface area (Å²) < 4.78 is 5.56. The average Bonchev–Trinajstić information content (AvgIpc) is 2.68. The van der Waals surface area contributed by atoms with E-state index in [1.165, 1.54) is 0 Å². The molecule has 0 fully saturated rings. The Balaban J connectivity index is 2.19. The van der Waals surface area contributed by atoms with Crippen LogP contribution < -0.4 is 0 Å². The zero-order chi connectivity index (χ0) is 10.8. The fourth-order valence-corrected chi connectivity index (χ4v) is 1.61. The number of halogens is 1. The van der Waals surface area contributed by atoms with Gasteiger partial charge in [-0.25, -0.2) is 4.99 Å². The number of hydrogen-bond acceptors (Lipinski definition) is 2. The molecule has 1 aromatic rings. The second kappa shape index (κ2) is 4.23. The highest BCUT2D eigenvalue weighted by atomic mass is 35.5. The topological polar surface area (TPSA) is 21.6 Å². The van der Waals surface area contributed by atoms with Crippen molar-refractivity contribution in [2.24, 2.45) is 10.9 Å². The van der Waals surface area contributed by atoms with Crippen LogP contribution in [0.2, 0.25) is 5.02 Å². The third-order valence-electron chi connectivity index (χ3n) is 2.53. The summed E-state index contributed by atoms with van der Waals surface area (Å²) in [7, 11) is 0. The zero-order valence-electron chi connectivity index (χ0n) is 8.90. The van der Waals surface area contributed by atoms with Crippen LogP contribution in [-0.4, -0.2) is 18.5 Å². The Bertz CT molecular complexity index is 370. The van der Waals surface area contributed by atoms with Crippen molar-refractivity contribution >= 4 is 17.5 Å². The molecule has 0 spiro atoms. The molecular formula is C12H14ClNO. The van der Waals surface area contributed by atoms with Gasteiger partial charge in [-0.3, -0.25) is 0 Å². The Hall–Kier alpha value is -1.02. The predicted molar refractivity (Wildman–Crippen MR) is 62.6 cm³/mol. The average molecular weight is 224 g/mol. The summed E-state index contributed by atoms with van der Waals surface area (Å²) in [6, 6.07) is 7.86. The van der Waals surface area contributed by atoms with Crippen molar-refractivity contribution in [1.82, 2.24) is 0 Å². The summed E-state index contributed by atoms with van der Waals surface area (Å²) in [4.78, 5) is 4.54. The molecule has 0 N–H and O–H groups in total. The summed E-state index contributed by atoms with van der Waals surface area (Å²) in [6.07, 6.45) is 0. The number of rotatable bonds is 2. The van der Waals surface area contributed by atoms with E-state index in [2.05, 4.69) is 18.8 Å². The monoisotopic (exact) mass is 223 g/mol.